The van der Waals surface area contributed by atoms with Gasteiger partial charge < -0.3 is 15.1 Å². The molecule has 0 bridgehead atoms. The van der Waals surface area contributed by atoms with Crippen LogP contribution in [0.3, 0.4) is 0 Å². The molecule has 2 fully saturated rings. The van der Waals surface area contributed by atoms with Gasteiger partial charge in [-0.25, -0.2) is 0 Å². The normalized spacial score (nSPS) is 32.7. The Morgan fingerprint density at radius 3 is 2.43 bits per heavy atom. The highest BCUT2D eigenvalue weighted by atomic mass is 15.1. The highest BCUT2D eigenvalue weighted by molar-refractivity contribution is 4.86. The smallest absolute Gasteiger partial charge is 0.0108 e. The van der Waals surface area contributed by atoms with E-state index in [0.29, 0.717) is 0 Å². The molecule has 0 radical (unpaired) electrons. The van der Waals surface area contributed by atoms with Crippen molar-refractivity contribution in [2.45, 2.75) is 52.0 Å². The average molecular weight is 296 g/mol. The van der Waals surface area contributed by atoms with Gasteiger partial charge in [-0.2, -0.15) is 0 Å². The lowest BCUT2D eigenvalue weighted by atomic mass is 9.78. The fourth-order valence-corrected chi connectivity index (χ4v) is 4.43. The van der Waals surface area contributed by atoms with Crippen molar-refractivity contribution in [2.24, 2.45) is 17.8 Å². The molecule has 1 heterocycles. The molecule has 1 saturated carbocycles. The third-order valence-electron chi connectivity index (χ3n) is 5.53. The Labute approximate surface area is 132 Å². The second kappa shape index (κ2) is 8.50. The van der Waals surface area contributed by atoms with Crippen molar-refractivity contribution >= 4 is 0 Å². The van der Waals surface area contributed by atoms with E-state index in [9.17, 15) is 0 Å². The number of rotatable bonds is 6. The molecule has 2 rings (SSSR count). The predicted octanol–water partition coefficient (Wildman–Crippen LogP) is 2.67. The summed E-state index contributed by atoms with van der Waals surface area (Å²) in [7, 11) is 4.41. The van der Waals surface area contributed by atoms with Gasteiger partial charge >= 0.3 is 0 Å². The summed E-state index contributed by atoms with van der Waals surface area (Å²) in [6.07, 6.45) is 7.02. The molecule has 3 unspecified atom stereocenters. The molecule has 3 heteroatoms. The number of likely N-dealkylation sites (tertiary alicyclic amines) is 1. The van der Waals surface area contributed by atoms with E-state index in [1.54, 1.807) is 0 Å². The topological polar surface area (TPSA) is 18.5 Å². The lowest BCUT2D eigenvalue weighted by Gasteiger charge is -2.40. The number of nitrogens with one attached hydrogen (secondary N) is 1. The van der Waals surface area contributed by atoms with Crippen LogP contribution in [0, 0.1) is 17.8 Å². The highest BCUT2D eigenvalue weighted by Crippen LogP contribution is 2.30. The third kappa shape index (κ3) is 5.54. The number of hydrogen-bond donors (Lipinski definition) is 1. The molecule has 1 aliphatic carbocycles. The van der Waals surface area contributed by atoms with Crippen LogP contribution in [-0.4, -0.2) is 62.7 Å². The van der Waals surface area contributed by atoms with Crippen LogP contribution in [-0.2, 0) is 0 Å². The van der Waals surface area contributed by atoms with Crippen molar-refractivity contribution in [3.63, 3.8) is 0 Å². The summed E-state index contributed by atoms with van der Waals surface area (Å²) in [5, 5.41) is 3.75. The van der Waals surface area contributed by atoms with Gasteiger partial charge in [0, 0.05) is 19.1 Å². The largest absolute Gasteiger partial charge is 0.314 e. The van der Waals surface area contributed by atoms with Crippen molar-refractivity contribution in [1.82, 2.24) is 15.1 Å². The zero-order valence-corrected chi connectivity index (χ0v) is 14.8. The minimum atomic E-state index is 0.769. The van der Waals surface area contributed by atoms with E-state index in [2.05, 4.69) is 43.1 Å². The Hall–Kier alpha value is -0.120. The molecule has 3 atom stereocenters. The fourth-order valence-electron chi connectivity index (χ4n) is 4.43. The minimum Gasteiger partial charge on any atom is -0.314 e. The molecule has 1 N–H and O–H groups in total. The molecule has 0 spiro atoms. The van der Waals surface area contributed by atoms with Crippen molar-refractivity contribution in [3.8, 4) is 0 Å². The SMILES string of the molecule is CCNC1CCC(C)CC1CN1CCC(CN(C)C)CC1. The van der Waals surface area contributed by atoms with Gasteiger partial charge in [-0.3, -0.25) is 0 Å². The fraction of sp³-hybridized carbons (Fsp3) is 1.00. The minimum absolute atomic E-state index is 0.769. The highest BCUT2D eigenvalue weighted by Gasteiger charge is 2.30. The first kappa shape index (κ1) is 17.2. The average Bonchev–Trinajstić information content (AvgIpc) is 2.43. The van der Waals surface area contributed by atoms with Gasteiger partial charge in [0.25, 0.3) is 0 Å². The lowest BCUT2D eigenvalue weighted by Crippen LogP contribution is -2.47. The van der Waals surface area contributed by atoms with Crippen molar-refractivity contribution in [3.05, 3.63) is 0 Å². The van der Waals surface area contributed by atoms with Crippen LogP contribution in [0.2, 0.25) is 0 Å². The second-order valence-electron chi connectivity index (χ2n) is 7.85. The van der Waals surface area contributed by atoms with Crippen LogP contribution >= 0.6 is 0 Å². The van der Waals surface area contributed by atoms with Gasteiger partial charge in [-0.05, 0) is 83.6 Å². The quantitative estimate of drug-likeness (QED) is 0.813. The molecule has 1 aliphatic heterocycles. The van der Waals surface area contributed by atoms with Crippen molar-refractivity contribution in [1.29, 1.82) is 0 Å². The van der Waals surface area contributed by atoms with Crippen LogP contribution in [0.4, 0.5) is 0 Å². The van der Waals surface area contributed by atoms with Crippen LogP contribution in [0.25, 0.3) is 0 Å². The number of piperidine rings is 1. The molecule has 3 nitrogen and oxygen atoms in total. The molecule has 0 aromatic rings. The second-order valence-corrected chi connectivity index (χ2v) is 7.85. The van der Waals surface area contributed by atoms with Crippen LogP contribution in [0.1, 0.15) is 46.0 Å². The third-order valence-corrected chi connectivity index (χ3v) is 5.53. The van der Waals surface area contributed by atoms with Crippen molar-refractivity contribution < 1.29 is 0 Å². The molecule has 0 aromatic carbocycles. The first-order valence-electron chi connectivity index (χ1n) is 9.19. The molecule has 0 amide bonds. The van der Waals surface area contributed by atoms with E-state index >= 15 is 0 Å². The maximum Gasteiger partial charge on any atom is 0.0108 e. The predicted molar refractivity (Wildman–Crippen MR) is 91.7 cm³/mol. The molecular formula is C18H37N3. The van der Waals surface area contributed by atoms with Gasteiger partial charge in [0.05, 0.1) is 0 Å². The molecular weight excluding hydrogens is 258 g/mol. The van der Waals surface area contributed by atoms with E-state index in [4.69, 9.17) is 0 Å². The Balaban J connectivity index is 1.77. The number of nitrogens with zero attached hydrogens (tertiary/aromatic N) is 2. The van der Waals surface area contributed by atoms with Gasteiger partial charge in [-0.15, -0.1) is 0 Å². The van der Waals surface area contributed by atoms with Gasteiger partial charge in [0.1, 0.15) is 0 Å². The summed E-state index contributed by atoms with van der Waals surface area (Å²) in [6.45, 7) is 11.1. The summed E-state index contributed by atoms with van der Waals surface area (Å²) >= 11 is 0. The van der Waals surface area contributed by atoms with E-state index in [1.807, 2.05) is 0 Å². The van der Waals surface area contributed by atoms with E-state index in [-0.39, 0.29) is 0 Å². The van der Waals surface area contributed by atoms with Gasteiger partial charge in [0.15, 0.2) is 0 Å². The molecule has 1 saturated heterocycles. The molecule has 2 aliphatic rings. The Morgan fingerprint density at radius 2 is 1.81 bits per heavy atom. The molecule has 0 aromatic heterocycles. The van der Waals surface area contributed by atoms with E-state index in [1.165, 1.54) is 58.3 Å². The zero-order valence-electron chi connectivity index (χ0n) is 14.8. The summed E-state index contributed by atoms with van der Waals surface area (Å²) in [6, 6.07) is 0.769. The summed E-state index contributed by atoms with van der Waals surface area (Å²) < 4.78 is 0. The van der Waals surface area contributed by atoms with Crippen LogP contribution < -0.4 is 5.32 Å². The standard InChI is InChI=1S/C18H37N3/c1-5-19-18-7-6-15(2)12-17(18)14-21-10-8-16(9-11-21)13-20(3)4/h15-19H,5-14H2,1-4H3. The monoisotopic (exact) mass is 295 g/mol. The maximum atomic E-state index is 3.75. The van der Waals surface area contributed by atoms with Crippen LogP contribution in [0.15, 0.2) is 0 Å². The molecule has 21 heavy (non-hydrogen) atoms. The summed E-state index contributed by atoms with van der Waals surface area (Å²) in [5.41, 5.74) is 0. The van der Waals surface area contributed by atoms with Crippen molar-refractivity contribution in [2.75, 3.05) is 46.8 Å². The lowest BCUT2D eigenvalue weighted by molar-refractivity contribution is 0.107. The first-order valence-corrected chi connectivity index (χ1v) is 9.19. The number of hydrogen-bond acceptors (Lipinski definition) is 3. The summed E-state index contributed by atoms with van der Waals surface area (Å²) in [5.74, 6) is 2.72. The van der Waals surface area contributed by atoms with E-state index in [0.717, 1.165) is 30.3 Å². The Morgan fingerprint density at radius 1 is 1.10 bits per heavy atom. The van der Waals surface area contributed by atoms with Crippen LogP contribution in [0.5, 0.6) is 0 Å². The summed E-state index contributed by atoms with van der Waals surface area (Å²) in [4.78, 5) is 5.10. The zero-order chi connectivity index (χ0) is 15.2. The Kier molecular flexibility index (Phi) is 6.97. The van der Waals surface area contributed by atoms with Gasteiger partial charge in [-0.1, -0.05) is 13.8 Å². The van der Waals surface area contributed by atoms with Gasteiger partial charge in [0.2, 0.25) is 0 Å². The first-order chi connectivity index (χ1) is 10.1. The maximum absolute atomic E-state index is 3.75. The Bertz CT molecular complexity index is 284. The van der Waals surface area contributed by atoms with E-state index < -0.39 is 0 Å². The molecule has 124 valence electrons.